The molecular weight excluding hydrogens is 414 g/mol. The largest absolute Gasteiger partial charge is 0.491 e. The summed E-state index contributed by atoms with van der Waals surface area (Å²) in [6, 6.07) is 10.4. The molecular formula is C24H22F2N4O2. The van der Waals surface area contributed by atoms with Crippen LogP contribution in [0.3, 0.4) is 0 Å². The van der Waals surface area contributed by atoms with Crippen molar-refractivity contribution in [3.05, 3.63) is 66.5 Å². The third-order valence-corrected chi connectivity index (χ3v) is 4.91. The number of anilines is 1. The summed E-state index contributed by atoms with van der Waals surface area (Å²) in [5.74, 6) is 0.396. The second kappa shape index (κ2) is 9.65. The van der Waals surface area contributed by atoms with Gasteiger partial charge in [-0.15, -0.1) is 0 Å². The minimum absolute atomic E-state index is 0.132. The fourth-order valence-electron chi connectivity index (χ4n) is 3.39. The summed E-state index contributed by atoms with van der Waals surface area (Å²) in [5, 5.41) is 3.70. The van der Waals surface area contributed by atoms with Crippen LogP contribution in [-0.2, 0) is 4.74 Å². The van der Waals surface area contributed by atoms with E-state index in [0.29, 0.717) is 53.5 Å². The molecule has 0 amide bonds. The van der Waals surface area contributed by atoms with Gasteiger partial charge in [-0.1, -0.05) is 0 Å². The van der Waals surface area contributed by atoms with E-state index in [1.807, 2.05) is 6.07 Å². The monoisotopic (exact) mass is 436 g/mol. The number of hydrogen-bond acceptors (Lipinski definition) is 6. The summed E-state index contributed by atoms with van der Waals surface area (Å²) in [6.07, 6.45) is 4.01. The van der Waals surface area contributed by atoms with Crippen LogP contribution in [0.5, 0.6) is 5.75 Å². The molecule has 2 aromatic heterocycles. The third-order valence-electron chi connectivity index (χ3n) is 4.91. The summed E-state index contributed by atoms with van der Waals surface area (Å²) in [5.41, 5.74) is 1.90. The lowest BCUT2D eigenvalue weighted by Gasteiger charge is -2.15. The average molecular weight is 436 g/mol. The highest BCUT2D eigenvalue weighted by molar-refractivity contribution is 5.97. The van der Waals surface area contributed by atoms with E-state index in [-0.39, 0.29) is 5.56 Å². The van der Waals surface area contributed by atoms with E-state index in [1.54, 1.807) is 44.8 Å². The molecule has 0 fully saturated rings. The number of nitrogens with one attached hydrogen (secondary N) is 1. The summed E-state index contributed by atoms with van der Waals surface area (Å²) in [7, 11) is 3.36. The van der Waals surface area contributed by atoms with Crippen LogP contribution in [0.4, 0.5) is 14.6 Å². The molecule has 0 spiro atoms. The minimum atomic E-state index is -0.532. The molecule has 8 heteroatoms. The van der Waals surface area contributed by atoms with Gasteiger partial charge in [0.15, 0.2) is 5.82 Å². The van der Waals surface area contributed by atoms with E-state index in [1.165, 1.54) is 0 Å². The summed E-state index contributed by atoms with van der Waals surface area (Å²) >= 11 is 0. The van der Waals surface area contributed by atoms with Gasteiger partial charge in [-0.3, -0.25) is 4.98 Å². The molecule has 4 rings (SSSR count). The normalized spacial score (nSPS) is 11.0. The first-order valence-corrected chi connectivity index (χ1v) is 10.1. The van der Waals surface area contributed by atoms with E-state index in [2.05, 4.69) is 15.3 Å². The third kappa shape index (κ3) is 4.50. The zero-order valence-electron chi connectivity index (χ0n) is 17.7. The lowest BCUT2D eigenvalue weighted by molar-refractivity contribution is 0.172. The second-order valence-corrected chi connectivity index (χ2v) is 7.08. The molecule has 164 valence electrons. The van der Waals surface area contributed by atoms with Gasteiger partial charge in [0.25, 0.3) is 0 Å². The fourth-order valence-corrected chi connectivity index (χ4v) is 3.39. The average Bonchev–Trinajstić information content (AvgIpc) is 2.83. The molecule has 4 aromatic rings. The highest BCUT2D eigenvalue weighted by atomic mass is 19.1. The maximum Gasteiger partial charge on any atom is 0.163 e. The molecule has 0 aliphatic rings. The van der Waals surface area contributed by atoms with E-state index in [0.717, 1.165) is 23.8 Å². The molecule has 0 bridgehead atoms. The van der Waals surface area contributed by atoms with E-state index < -0.39 is 11.6 Å². The van der Waals surface area contributed by atoms with Gasteiger partial charge in [0.2, 0.25) is 0 Å². The second-order valence-electron chi connectivity index (χ2n) is 7.08. The molecule has 6 nitrogen and oxygen atoms in total. The number of rotatable bonds is 8. The zero-order chi connectivity index (χ0) is 22.5. The molecule has 0 unspecified atom stereocenters. The molecule has 0 aliphatic heterocycles. The van der Waals surface area contributed by atoms with Gasteiger partial charge in [-0.25, -0.2) is 18.7 Å². The molecule has 2 heterocycles. The standard InChI is InChI=1S/C24H22F2N4O2/c1-27-24-19-11-16(18-13-17(25)6-7-20(18)26)12-21(32-10-4-9-31-2)22(19)29-23(30-24)15-5-3-8-28-14-15/h3,5-8,11-14H,4,9-10H2,1-2H3,(H,27,29,30). The van der Waals surface area contributed by atoms with Crippen molar-refractivity contribution in [1.82, 2.24) is 15.0 Å². The molecule has 0 saturated heterocycles. The van der Waals surface area contributed by atoms with Crippen molar-refractivity contribution in [2.24, 2.45) is 0 Å². The topological polar surface area (TPSA) is 69.2 Å². The first-order valence-electron chi connectivity index (χ1n) is 10.1. The van der Waals surface area contributed by atoms with Crippen molar-refractivity contribution >= 4 is 16.7 Å². The van der Waals surface area contributed by atoms with Gasteiger partial charge in [0.1, 0.15) is 28.7 Å². The van der Waals surface area contributed by atoms with Crippen molar-refractivity contribution in [2.75, 3.05) is 32.7 Å². The van der Waals surface area contributed by atoms with Crippen LogP contribution in [0.25, 0.3) is 33.4 Å². The molecule has 32 heavy (non-hydrogen) atoms. The van der Waals surface area contributed by atoms with Gasteiger partial charge < -0.3 is 14.8 Å². The van der Waals surface area contributed by atoms with Gasteiger partial charge in [0.05, 0.1) is 6.61 Å². The lowest BCUT2D eigenvalue weighted by Crippen LogP contribution is -2.05. The van der Waals surface area contributed by atoms with Gasteiger partial charge in [-0.05, 0) is 48.0 Å². The fraction of sp³-hybridized carbons (Fsp3) is 0.208. The Hall–Kier alpha value is -3.65. The Bertz CT molecular complexity index is 1240. The number of benzene rings is 2. The molecule has 0 saturated carbocycles. The molecule has 1 N–H and O–H groups in total. The predicted molar refractivity (Wildman–Crippen MR) is 120 cm³/mol. The number of pyridine rings is 1. The predicted octanol–water partition coefficient (Wildman–Crippen LogP) is 5.09. The number of ether oxygens (including phenoxy) is 2. The summed E-state index contributed by atoms with van der Waals surface area (Å²) in [4.78, 5) is 13.5. The quantitative estimate of drug-likeness (QED) is 0.388. The smallest absolute Gasteiger partial charge is 0.163 e. The minimum Gasteiger partial charge on any atom is -0.491 e. The van der Waals surface area contributed by atoms with Crippen molar-refractivity contribution < 1.29 is 18.3 Å². The maximum absolute atomic E-state index is 14.5. The van der Waals surface area contributed by atoms with Crippen LogP contribution in [0, 0.1) is 11.6 Å². The van der Waals surface area contributed by atoms with Crippen LogP contribution in [0.15, 0.2) is 54.9 Å². The highest BCUT2D eigenvalue weighted by Crippen LogP contribution is 2.37. The van der Waals surface area contributed by atoms with E-state index in [4.69, 9.17) is 14.5 Å². The Morgan fingerprint density at radius 2 is 1.88 bits per heavy atom. The molecule has 2 aromatic carbocycles. The number of halogens is 2. The van der Waals surface area contributed by atoms with Crippen molar-refractivity contribution in [3.63, 3.8) is 0 Å². The summed E-state index contributed by atoms with van der Waals surface area (Å²) in [6.45, 7) is 0.910. The lowest BCUT2D eigenvalue weighted by atomic mass is 10.0. The number of aromatic nitrogens is 3. The number of nitrogens with zero attached hydrogens (tertiary/aromatic N) is 3. The van der Waals surface area contributed by atoms with Crippen molar-refractivity contribution in [1.29, 1.82) is 0 Å². The Balaban J connectivity index is 1.91. The van der Waals surface area contributed by atoms with Crippen LogP contribution in [0.2, 0.25) is 0 Å². The van der Waals surface area contributed by atoms with Crippen molar-refractivity contribution in [3.8, 4) is 28.3 Å². The molecule has 0 radical (unpaired) electrons. The SMILES string of the molecule is CNc1nc(-c2cccnc2)nc2c(OCCCOC)cc(-c3cc(F)ccc3F)cc12. The van der Waals surface area contributed by atoms with Gasteiger partial charge in [0, 0.05) is 56.1 Å². The Morgan fingerprint density at radius 1 is 1.00 bits per heavy atom. The van der Waals surface area contributed by atoms with E-state index in [9.17, 15) is 8.78 Å². The zero-order valence-corrected chi connectivity index (χ0v) is 17.7. The Kier molecular flexibility index (Phi) is 6.51. The Labute approximate surface area is 184 Å². The van der Waals surface area contributed by atoms with Crippen LogP contribution in [-0.4, -0.2) is 42.3 Å². The number of fused-ring (bicyclic) bond motifs is 1. The van der Waals surface area contributed by atoms with Gasteiger partial charge in [-0.2, -0.15) is 0 Å². The van der Waals surface area contributed by atoms with Crippen LogP contribution >= 0.6 is 0 Å². The highest BCUT2D eigenvalue weighted by Gasteiger charge is 2.17. The van der Waals surface area contributed by atoms with E-state index >= 15 is 0 Å². The van der Waals surface area contributed by atoms with Gasteiger partial charge >= 0.3 is 0 Å². The first kappa shape index (κ1) is 21.6. The van der Waals surface area contributed by atoms with Crippen LogP contribution in [0.1, 0.15) is 6.42 Å². The van der Waals surface area contributed by atoms with Crippen molar-refractivity contribution in [2.45, 2.75) is 6.42 Å². The first-order chi connectivity index (χ1) is 15.6. The number of methoxy groups -OCH3 is 1. The Morgan fingerprint density at radius 3 is 2.62 bits per heavy atom. The molecule has 0 aliphatic carbocycles. The summed E-state index contributed by atoms with van der Waals surface area (Å²) < 4.78 is 39.5. The maximum atomic E-state index is 14.5. The molecule has 0 atom stereocenters. The number of hydrogen-bond donors (Lipinski definition) is 1. The van der Waals surface area contributed by atoms with Crippen LogP contribution < -0.4 is 10.1 Å².